The lowest BCUT2D eigenvalue weighted by molar-refractivity contribution is 0.364. The topological polar surface area (TPSA) is 75.0 Å². The Morgan fingerprint density at radius 3 is 2.77 bits per heavy atom. The van der Waals surface area contributed by atoms with Gasteiger partial charge in [-0.05, 0) is 13.8 Å². The maximum atomic E-state index is 8.87. The summed E-state index contributed by atoms with van der Waals surface area (Å²) in [6, 6.07) is 6.44. The summed E-state index contributed by atoms with van der Waals surface area (Å²) in [5.41, 5.74) is 3.42. The first-order chi connectivity index (χ1) is 10.6. The lowest BCUT2D eigenvalue weighted by Crippen LogP contribution is -2.48. The second kappa shape index (κ2) is 4.56. The van der Waals surface area contributed by atoms with Gasteiger partial charge in [0.1, 0.15) is 11.9 Å². The third-order valence-corrected chi connectivity index (χ3v) is 3.95. The molecule has 0 bridgehead atoms. The van der Waals surface area contributed by atoms with Gasteiger partial charge in [0.25, 0.3) is 0 Å². The maximum absolute atomic E-state index is 8.87. The van der Waals surface area contributed by atoms with Crippen molar-refractivity contribution in [2.75, 3.05) is 18.0 Å². The molecule has 0 aromatic carbocycles. The molecule has 110 valence electrons. The van der Waals surface area contributed by atoms with E-state index in [1.807, 2.05) is 29.1 Å². The van der Waals surface area contributed by atoms with Crippen molar-refractivity contribution in [3.8, 4) is 6.07 Å². The van der Waals surface area contributed by atoms with E-state index in [1.165, 1.54) is 0 Å². The molecule has 3 aromatic rings. The number of hydrogen-bond donors (Lipinski definition) is 0. The summed E-state index contributed by atoms with van der Waals surface area (Å²) in [7, 11) is 0. The molecule has 7 heteroatoms. The molecule has 0 unspecified atom stereocenters. The zero-order valence-electron chi connectivity index (χ0n) is 12.4. The minimum Gasteiger partial charge on any atom is -0.352 e. The fourth-order valence-electron chi connectivity index (χ4n) is 2.83. The largest absolute Gasteiger partial charge is 0.352 e. The normalized spacial score (nSPS) is 15.0. The number of aromatic nitrogens is 5. The average molecular weight is 293 g/mol. The number of nitrogens with zero attached hydrogens (tertiary/aromatic N) is 7. The summed E-state index contributed by atoms with van der Waals surface area (Å²) >= 11 is 0. The second-order valence-electron chi connectivity index (χ2n) is 5.69. The third-order valence-electron chi connectivity index (χ3n) is 3.95. The van der Waals surface area contributed by atoms with Crippen molar-refractivity contribution < 1.29 is 0 Å². The van der Waals surface area contributed by atoms with Gasteiger partial charge in [-0.3, -0.25) is 4.68 Å². The van der Waals surface area contributed by atoms with Crippen molar-refractivity contribution in [2.45, 2.75) is 19.9 Å². The van der Waals surface area contributed by atoms with E-state index in [0.29, 0.717) is 11.6 Å². The van der Waals surface area contributed by atoms with E-state index < -0.39 is 0 Å². The molecule has 3 aromatic heterocycles. The standard InChI is InChI=1S/C15H15N7/c1-10-4-15(22-14(18-10)3-11(2)19-22)20-8-13(9-20)21-7-12(5-16)6-17-21/h3-4,6-7,13H,8-9H2,1-2H3. The molecule has 0 amide bonds. The molecule has 1 saturated heterocycles. The van der Waals surface area contributed by atoms with Crippen LogP contribution in [0.15, 0.2) is 24.5 Å². The van der Waals surface area contributed by atoms with Crippen LogP contribution >= 0.6 is 0 Å². The highest BCUT2D eigenvalue weighted by atomic mass is 15.4. The molecule has 4 heterocycles. The van der Waals surface area contributed by atoms with Gasteiger partial charge >= 0.3 is 0 Å². The van der Waals surface area contributed by atoms with Crippen molar-refractivity contribution in [3.63, 3.8) is 0 Å². The summed E-state index contributed by atoms with van der Waals surface area (Å²) in [6.45, 7) is 5.67. The van der Waals surface area contributed by atoms with E-state index in [2.05, 4.69) is 32.2 Å². The van der Waals surface area contributed by atoms with Crippen LogP contribution in [-0.4, -0.2) is 37.5 Å². The number of anilines is 1. The molecular weight excluding hydrogens is 278 g/mol. The van der Waals surface area contributed by atoms with Gasteiger partial charge in [0.05, 0.1) is 23.5 Å². The molecule has 0 N–H and O–H groups in total. The molecule has 0 saturated carbocycles. The van der Waals surface area contributed by atoms with Crippen LogP contribution in [0.25, 0.3) is 5.65 Å². The fraction of sp³-hybridized carbons (Fsp3) is 0.333. The Bertz CT molecular complexity index is 892. The first-order valence-electron chi connectivity index (χ1n) is 7.17. The highest BCUT2D eigenvalue weighted by molar-refractivity contribution is 5.53. The van der Waals surface area contributed by atoms with Crippen LogP contribution in [0.1, 0.15) is 23.0 Å². The summed E-state index contributed by atoms with van der Waals surface area (Å²) in [4.78, 5) is 6.77. The van der Waals surface area contributed by atoms with Gasteiger partial charge in [0.15, 0.2) is 5.65 Å². The molecule has 1 fully saturated rings. The van der Waals surface area contributed by atoms with Crippen molar-refractivity contribution in [3.05, 3.63) is 41.5 Å². The van der Waals surface area contributed by atoms with E-state index in [0.717, 1.165) is 35.9 Å². The van der Waals surface area contributed by atoms with Crippen LogP contribution in [0.5, 0.6) is 0 Å². The molecule has 0 atom stereocenters. The number of rotatable bonds is 2. The molecule has 0 spiro atoms. The predicted octanol–water partition coefficient (Wildman–Crippen LogP) is 1.48. The number of nitriles is 1. The maximum Gasteiger partial charge on any atom is 0.157 e. The Labute approximate surface area is 127 Å². The molecule has 22 heavy (non-hydrogen) atoms. The third kappa shape index (κ3) is 1.92. The van der Waals surface area contributed by atoms with Crippen molar-refractivity contribution in [1.29, 1.82) is 5.26 Å². The van der Waals surface area contributed by atoms with Gasteiger partial charge in [-0.25, -0.2) is 4.98 Å². The van der Waals surface area contributed by atoms with E-state index in [4.69, 9.17) is 5.26 Å². The summed E-state index contributed by atoms with van der Waals surface area (Å²) < 4.78 is 3.76. The first kappa shape index (κ1) is 12.8. The lowest BCUT2D eigenvalue weighted by Gasteiger charge is -2.40. The van der Waals surface area contributed by atoms with E-state index >= 15 is 0 Å². The van der Waals surface area contributed by atoms with Gasteiger partial charge in [-0.1, -0.05) is 0 Å². The Balaban J connectivity index is 1.61. The van der Waals surface area contributed by atoms with E-state index in [1.54, 1.807) is 12.4 Å². The predicted molar refractivity (Wildman–Crippen MR) is 80.7 cm³/mol. The van der Waals surface area contributed by atoms with Crippen molar-refractivity contribution >= 4 is 11.5 Å². The van der Waals surface area contributed by atoms with Crippen LogP contribution in [0.3, 0.4) is 0 Å². The molecule has 0 radical (unpaired) electrons. The van der Waals surface area contributed by atoms with Crippen LogP contribution in [0.4, 0.5) is 5.82 Å². The molecule has 1 aliphatic heterocycles. The minimum atomic E-state index is 0.294. The summed E-state index contributed by atoms with van der Waals surface area (Å²) in [5, 5.41) is 17.6. The summed E-state index contributed by atoms with van der Waals surface area (Å²) in [6.07, 6.45) is 3.40. The SMILES string of the molecule is Cc1cc(N2CC(n3cc(C#N)cn3)C2)n2nc(C)cc2n1. The molecular formula is C15H15N7. The zero-order chi connectivity index (χ0) is 15.3. The number of fused-ring (bicyclic) bond motifs is 1. The molecule has 7 nitrogen and oxygen atoms in total. The highest BCUT2D eigenvalue weighted by Gasteiger charge is 2.31. The van der Waals surface area contributed by atoms with Gasteiger partial charge in [-0.2, -0.15) is 20.0 Å². The van der Waals surface area contributed by atoms with E-state index in [-0.39, 0.29) is 0 Å². The number of aryl methyl sites for hydroxylation is 2. The van der Waals surface area contributed by atoms with Crippen molar-refractivity contribution in [2.24, 2.45) is 0 Å². The van der Waals surface area contributed by atoms with Gasteiger partial charge in [0, 0.05) is 37.1 Å². The Kier molecular flexibility index (Phi) is 2.66. The van der Waals surface area contributed by atoms with E-state index in [9.17, 15) is 0 Å². The first-order valence-corrected chi connectivity index (χ1v) is 7.17. The van der Waals surface area contributed by atoms with Crippen LogP contribution in [-0.2, 0) is 0 Å². The Morgan fingerprint density at radius 2 is 2.05 bits per heavy atom. The second-order valence-corrected chi connectivity index (χ2v) is 5.69. The van der Waals surface area contributed by atoms with Crippen LogP contribution in [0, 0.1) is 25.2 Å². The minimum absolute atomic E-state index is 0.294. The number of hydrogen-bond acceptors (Lipinski definition) is 5. The van der Waals surface area contributed by atoms with Crippen molar-refractivity contribution in [1.82, 2.24) is 24.4 Å². The monoisotopic (exact) mass is 293 g/mol. The smallest absolute Gasteiger partial charge is 0.157 e. The average Bonchev–Trinajstić information content (AvgIpc) is 3.02. The molecule has 4 rings (SSSR count). The summed E-state index contributed by atoms with van der Waals surface area (Å²) in [5.74, 6) is 1.06. The molecule has 0 aliphatic carbocycles. The quantitative estimate of drug-likeness (QED) is 0.715. The van der Waals surface area contributed by atoms with Gasteiger partial charge in [-0.15, -0.1) is 0 Å². The van der Waals surface area contributed by atoms with Gasteiger partial charge < -0.3 is 4.90 Å². The molecule has 1 aliphatic rings. The van der Waals surface area contributed by atoms with Crippen LogP contribution < -0.4 is 4.90 Å². The zero-order valence-corrected chi connectivity index (χ0v) is 12.4. The Morgan fingerprint density at radius 1 is 1.23 bits per heavy atom. The highest BCUT2D eigenvalue weighted by Crippen LogP contribution is 2.28. The lowest BCUT2D eigenvalue weighted by atomic mass is 10.1. The Hall–Kier alpha value is -2.88. The van der Waals surface area contributed by atoms with Gasteiger partial charge in [0.2, 0.25) is 0 Å². The van der Waals surface area contributed by atoms with Crippen LogP contribution in [0.2, 0.25) is 0 Å². The fourth-order valence-corrected chi connectivity index (χ4v) is 2.83.